The molecule has 2 rings (SSSR count). The van der Waals surface area contributed by atoms with Crippen molar-refractivity contribution in [3.05, 3.63) is 35.4 Å². The van der Waals surface area contributed by atoms with E-state index in [0.29, 0.717) is 19.4 Å². The van der Waals surface area contributed by atoms with Crippen molar-refractivity contribution in [3.63, 3.8) is 0 Å². The maximum Gasteiger partial charge on any atom is 0.407 e. The van der Waals surface area contributed by atoms with Gasteiger partial charge in [-0.05, 0) is 30.4 Å². The van der Waals surface area contributed by atoms with Crippen molar-refractivity contribution >= 4 is 12.1 Å². The molecule has 1 N–H and O–H groups in total. The predicted octanol–water partition coefficient (Wildman–Crippen LogP) is 2.61. The van der Waals surface area contributed by atoms with Crippen molar-refractivity contribution in [1.82, 2.24) is 4.90 Å². The molecule has 0 saturated carbocycles. The van der Waals surface area contributed by atoms with Crippen LogP contribution in [0, 0.1) is 0 Å². The zero-order valence-corrected chi connectivity index (χ0v) is 11.5. The van der Waals surface area contributed by atoms with Crippen LogP contribution in [0.2, 0.25) is 0 Å². The van der Waals surface area contributed by atoms with Gasteiger partial charge < -0.3 is 14.7 Å². The highest BCUT2D eigenvalue weighted by molar-refractivity contribution is 5.69. The quantitative estimate of drug-likeness (QED) is 0.859. The van der Waals surface area contributed by atoms with E-state index in [9.17, 15) is 9.59 Å². The monoisotopic (exact) mass is 277 g/mol. The Labute approximate surface area is 118 Å². The van der Waals surface area contributed by atoms with Gasteiger partial charge in [-0.25, -0.2) is 4.79 Å². The third-order valence-electron chi connectivity index (χ3n) is 3.71. The highest BCUT2D eigenvalue weighted by Crippen LogP contribution is 2.31. The molecule has 1 aliphatic rings. The second kappa shape index (κ2) is 6.41. The summed E-state index contributed by atoms with van der Waals surface area (Å²) in [4.78, 5) is 23.7. The molecular weight excluding hydrogens is 258 g/mol. The third-order valence-corrected chi connectivity index (χ3v) is 3.71. The number of benzene rings is 1. The van der Waals surface area contributed by atoms with E-state index in [0.717, 1.165) is 24.0 Å². The van der Waals surface area contributed by atoms with Gasteiger partial charge in [-0.3, -0.25) is 4.79 Å². The van der Waals surface area contributed by atoms with E-state index in [4.69, 9.17) is 5.11 Å². The van der Waals surface area contributed by atoms with Gasteiger partial charge in [-0.15, -0.1) is 0 Å². The normalized spacial score (nSPS) is 18.1. The lowest BCUT2D eigenvalue weighted by atomic mass is 10.0. The number of carboxylic acid groups (broad SMARTS) is 1. The van der Waals surface area contributed by atoms with Crippen LogP contribution in [0.25, 0.3) is 0 Å². The summed E-state index contributed by atoms with van der Waals surface area (Å²) < 4.78 is 4.61. The van der Waals surface area contributed by atoms with Crippen molar-refractivity contribution in [2.45, 2.75) is 31.7 Å². The SMILES string of the molecule is COC(=O)CCc1ccc([C@H]2CCCN2C(=O)O)cc1. The average molecular weight is 277 g/mol. The molecule has 5 heteroatoms. The zero-order valence-electron chi connectivity index (χ0n) is 11.5. The van der Waals surface area contributed by atoms with E-state index in [1.54, 1.807) is 0 Å². The number of amides is 1. The molecule has 1 amide bonds. The molecule has 0 aromatic heterocycles. The number of likely N-dealkylation sites (tertiary alicyclic amines) is 1. The molecule has 0 radical (unpaired) electrons. The first-order chi connectivity index (χ1) is 9.61. The lowest BCUT2D eigenvalue weighted by Gasteiger charge is -2.22. The predicted molar refractivity (Wildman–Crippen MR) is 73.5 cm³/mol. The Morgan fingerprint density at radius 1 is 1.35 bits per heavy atom. The Bertz CT molecular complexity index is 483. The van der Waals surface area contributed by atoms with Gasteiger partial charge in [0.2, 0.25) is 0 Å². The highest BCUT2D eigenvalue weighted by Gasteiger charge is 2.29. The van der Waals surface area contributed by atoms with Crippen molar-refractivity contribution in [3.8, 4) is 0 Å². The molecular formula is C15H19NO4. The Morgan fingerprint density at radius 3 is 2.65 bits per heavy atom. The number of hydrogen-bond donors (Lipinski definition) is 1. The molecule has 0 bridgehead atoms. The number of ether oxygens (including phenoxy) is 1. The van der Waals surface area contributed by atoms with E-state index >= 15 is 0 Å². The van der Waals surface area contributed by atoms with Crippen LogP contribution in [0.5, 0.6) is 0 Å². The molecule has 0 unspecified atom stereocenters. The lowest BCUT2D eigenvalue weighted by molar-refractivity contribution is -0.140. The number of carbonyl (C=O) groups excluding carboxylic acids is 1. The summed E-state index contributed by atoms with van der Waals surface area (Å²) in [6.45, 7) is 0.601. The molecule has 0 aliphatic carbocycles. The van der Waals surface area contributed by atoms with Gasteiger partial charge in [-0.1, -0.05) is 24.3 Å². The van der Waals surface area contributed by atoms with Gasteiger partial charge in [0.05, 0.1) is 13.2 Å². The fraction of sp³-hybridized carbons (Fsp3) is 0.467. The molecule has 5 nitrogen and oxygen atoms in total. The molecule has 1 aromatic rings. The second-order valence-electron chi connectivity index (χ2n) is 4.95. The van der Waals surface area contributed by atoms with E-state index in [2.05, 4.69) is 4.74 Å². The van der Waals surface area contributed by atoms with Gasteiger partial charge in [0.25, 0.3) is 0 Å². The van der Waals surface area contributed by atoms with Crippen molar-refractivity contribution in [2.75, 3.05) is 13.7 Å². The molecule has 1 aliphatic heterocycles. The number of esters is 1. The number of rotatable bonds is 4. The Hall–Kier alpha value is -2.04. The molecule has 1 heterocycles. The molecule has 1 aromatic carbocycles. The van der Waals surface area contributed by atoms with E-state index in [1.807, 2.05) is 24.3 Å². The van der Waals surface area contributed by atoms with E-state index in [1.165, 1.54) is 12.0 Å². The zero-order chi connectivity index (χ0) is 14.5. The van der Waals surface area contributed by atoms with E-state index < -0.39 is 6.09 Å². The third kappa shape index (κ3) is 3.29. The molecule has 1 atom stereocenters. The van der Waals surface area contributed by atoms with Gasteiger partial charge in [0, 0.05) is 13.0 Å². The summed E-state index contributed by atoms with van der Waals surface area (Å²) in [5.41, 5.74) is 2.07. The largest absolute Gasteiger partial charge is 0.469 e. The van der Waals surface area contributed by atoms with Crippen LogP contribution in [-0.2, 0) is 16.0 Å². The van der Waals surface area contributed by atoms with Crippen LogP contribution in [0.1, 0.15) is 36.4 Å². The van der Waals surface area contributed by atoms with Crippen LogP contribution < -0.4 is 0 Å². The molecule has 108 valence electrons. The van der Waals surface area contributed by atoms with Gasteiger partial charge in [0.15, 0.2) is 0 Å². The average Bonchev–Trinajstić information content (AvgIpc) is 2.95. The number of carbonyl (C=O) groups is 2. The van der Waals surface area contributed by atoms with Gasteiger partial charge in [0.1, 0.15) is 0 Å². The van der Waals surface area contributed by atoms with Crippen molar-refractivity contribution in [1.29, 1.82) is 0 Å². The smallest absolute Gasteiger partial charge is 0.407 e. The summed E-state index contributed by atoms with van der Waals surface area (Å²) in [7, 11) is 1.38. The maximum atomic E-state index is 11.1. The number of nitrogens with zero attached hydrogens (tertiary/aromatic N) is 1. The first-order valence-electron chi connectivity index (χ1n) is 6.77. The van der Waals surface area contributed by atoms with E-state index in [-0.39, 0.29) is 12.0 Å². The summed E-state index contributed by atoms with van der Waals surface area (Å²) in [6, 6.07) is 7.78. The lowest BCUT2D eigenvalue weighted by Crippen LogP contribution is -2.28. The number of hydrogen-bond acceptors (Lipinski definition) is 3. The van der Waals surface area contributed by atoms with Crippen LogP contribution in [0.15, 0.2) is 24.3 Å². The Morgan fingerprint density at radius 2 is 2.05 bits per heavy atom. The summed E-state index contributed by atoms with van der Waals surface area (Å²) in [6.07, 6.45) is 1.91. The number of methoxy groups -OCH3 is 1. The fourth-order valence-corrected chi connectivity index (χ4v) is 2.60. The minimum absolute atomic E-state index is 0.0397. The molecule has 1 saturated heterocycles. The first kappa shape index (κ1) is 14.4. The fourth-order valence-electron chi connectivity index (χ4n) is 2.60. The van der Waals surface area contributed by atoms with Gasteiger partial charge >= 0.3 is 12.1 Å². The maximum absolute atomic E-state index is 11.1. The summed E-state index contributed by atoms with van der Waals surface area (Å²) in [5.74, 6) is -0.220. The minimum atomic E-state index is -0.859. The van der Waals surface area contributed by atoms with Gasteiger partial charge in [-0.2, -0.15) is 0 Å². The standard InChI is InChI=1S/C15H19NO4/c1-20-14(17)9-6-11-4-7-12(8-5-11)13-3-2-10-16(13)15(18)19/h4-5,7-8,13H,2-3,6,9-10H2,1H3,(H,18,19)/t13-/m1/s1. The topological polar surface area (TPSA) is 66.8 Å². The Kier molecular flexibility index (Phi) is 4.61. The van der Waals surface area contributed by atoms with Crippen LogP contribution >= 0.6 is 0 Å². The van der Waals surface area contributed by atoms with Crippen LogP contribution in [-0.4, -0.2) is 35.7 Å². The Balaban J connectivity index is 2.01. The second-order valence-corrected chi connectivity index (χ2v) is 4.95. The summed E-state index contributed by atoms with van der Waals surface area (Å²) >= 11 is 0. The van der Waals surface area contributed by atoms with Crippen LogP contribution in [0.3, 0.4) is 0 Å². The first-order valence-corrected chi connectivity index (χ1v) is 6.77. The molecule has 0 spiro atoms. The van der Waals surface area contributed by atoms with Crippen molar-refractivity contribution in [2.24, 2.45) is 0 Å². The van der Waals surface area contributed by atoms with Crippen LogP contribution in [0.4, 0.5) is 4.79 Å². The number of aryl methyl sites for hydroxylation is 1. The molecule has 20 heavy (non-hydrogen) atoms. The van der Waals surface area contributed by atoms with Crippen molar-refractivity contribution < 1.29 is 19.4 Å². The minimum Gasteiger partial charge on any atom is -0.469 e. The highest BCUT2D eigenvalue weighted by atomic mass is 16.5. The molecule has 1 fully saturated rings. The summed E-state index contributed by atoms with van der Waals surface area (Å²) in [5, 5.41) is 9.15.